The normalized spacial score (nSPS) is 24.2. The Morgan fingerprint density at radius 3 is 2.71 bits per heavy atom. The lowest BCUT2D eigenvalue weighted by Crippen LogP contribution is -2.37. The van der Waals surface area contributed by atoms with Crippen molar-refractivity contribution in [3.63, 3.8) is 0 Å². The highest BCUT2D eigenvalue weighted by Gasteiger charge is 2.50. The second kappa shape index (κ2) is 6.87. The van der Waals surface area contributed by atoms with E-state index in [4.69, 9.17) is 27.9 Å². The molecule has 146 valence electrons. The van der Waals surface area contributed by atoms with E-state index in [0.29, 0.717) is 36.0 Å². The highest BCUT2D eigenvalue weighted by atomic mass is 35.5. The van der Waals surface area contributed by atoms with Crippen LogP contribution in [-0.2, 0) is 16.0 Å². The number of carbonyl (C=O) groups is 1. The Labute approximate surface area is 172 Å². The first-order chi connectivity index (χ1) is 13.2. The average Bonchev–Trinajstić information content (AvgIpc) is 3.01. The van der Waals surface area contributed by atoms with Crippen molar-refractivity contribution < 1.29 is 19.0 Å². The third kappa shape index (κ3) is 2.95. The zero-order valence-corrected chi connectivity index (χ0v) is 17.0. The Balaban J connectivity index is 1.87. The smallest absolute Gasteiger partial charge is 0.195 e. The number of aryl methyl sites for hydroxylation is 1. The quantitative estimate of drug-likeness (QED) is 0.647. The van der Waals surface area contributed by atoms with Crippen molar-refractivity contribution >= 4 is 34.6 Å². The lowest BCUT2D eigenvalue weighted by Gasteiger charge is -2.31. The number of halogens is 3. The molecule has 2 aromatic carbocycles. The van der Waals surface area contributed by atoms with Crippen LogP contribution >= 0.6 is 23.2 Å². The van der Waals surface area contributed by atoms with Crippen LogP contribution in [0.5, 0.6) is 0 Å². The fourth-order valence-corrected chi connectivity index (χ4v) is 4.68. The molecule has 2 aromatic rings. The Morgan fingerprint density at radius 2 is 2.04 bits per heavy atom. The van der Waals surface area contributed by atoms with E-state index >= 15 is 0 Å². The molecule has 0 amide bonds. The molecule has 1 saturated heterocycles. The number of ether oxygens (including phenoxy) is 1. The maximum Gasteiger partial charge on any atom is 0.195 e. The lowest BCUT2D eigenvalue weighted by atomic mass is 9.87. The summed E-state index contributed by atoms with van der Waals surface area (Å²) in [4.78, 5) is 12.9. The minimum Gasteiger partial charge on any atom is -0.508 e. The second-order valence-corrected chi connectivity index (χ2v) is 8.28. The third-order valence-electron chi connectivity index (χ3n) is 5.61. The number of hydrogen-bond donors (Lipinski definition) is 1. The zero-order chi connectivity index (χ0) is 20.2. The van der Waals surface area contributed by atoms with Crippen LogP contribution < -0.4 is 0 Å². The SMILES string of the molecule is CCc1cc(-c2c(F)cc(Cl)cc2Cl)ccc1C1=C(O)C2(C)CCC(O2)C1=O. The van der Waals surface area contributed by atoms with Gasteiger partial charge in [-0.05, 0) is 55.0 Å². The summed E-state index contributed by atoms with van der Waals surface area (Å²) < 4.78 is 20.2. The first kappa shape index (κ1) is 19.4. The first-order valence-electron chi connectivity index (χ1n) is 9.19. The van der Waals surface area contributed by atoms with Gasteiger partial charge in [0.15, 0.2) is 5.78 Å². The van der Waals surface area contributed by atoms with E-state index in [2.05, 4.69) is 0 Å². The van der Waals surface area contributed by atoms with Gasteiger partial charge in [0.1, 0.15) is 23.3 Å². The fraction of sp³-hybridized carbons (Fsp3) is 0.318. The first-order valence-corrected chi connectivity index (χ1v) is 9.94. The summed E-state index contributed by atoms with van der Waals surface area (Å²) in [6.07, 6.45) is 1.27. The third-order valence-corrected chi connectivity index (χ3v) is 6.13. The molecular weight excluding hydrogens is 402 g/mol. The molecule has 2 bridgehead atoms. The molecule has 2 atom stereocenters. The number of aliphatic hydroxyl groups excluding tert-OH is 1. The second-order valence-electron chi connectivity index (χ2n) is 7.43. The number of Topliss-reactive ketones (excluding diaryl/α,β-unsaturated/α-hetero) is 1. The Hall–Kier alpha value is -1.88. The van der Waals surface area contributed by atoms with Crippen LogP contribution in [0.2, 0.25) is 10.0 Å². The molecule has 28 heavy (non-hydrogen) atoms. The summed E-state index contributed by atoms with van der Waals surface area (Å²) in [5, 5.41) is 11.2. The number of aliphatic hydroxyl groups is 1. The van der Waals surface area contributed by atoms with Crippen LogP contribution in [0.4, 0.5) is 4.39 Å². The molecule has 0 spiro atoms. The van der Waals surface area contributed by atoms with Gasteiger partial charge in [0.25, 0.3) is 0 Å². The van der Waals surface area contributed by atoms with E-state index in [9.17, 15) is 14.3 Å². The Morgan fingerprint density at radius 1 is 1.29 bits per heavy atom. The van der Waals surface area contributed by atoms with Crippen molar-refractivity contribution in [3.05, 3.63) is 63.1 Å². The topological polar surface area (TPSA) is 46.5 Å². The average molecular weight is 421 g/mol. The van der Waals surface area contributed by atoms with Crippen LogP contribution in [0.25, 0.3) is 16.7 Å². The number of benzene rings is 2. The molecule has 0 saturated carbocycles. The predicted molar refractivity (Wildman–Crippen MR) is 108 cm³/mol. The summed E-state index contributed by atoms with van der Waals surface area (Å²) >= 11 is 12.1. The van der Waals surface area contributed by atoms with Crippen molar-refractivity contribution in [2.75, 3.05) is 0 Å². The number of carbonyl (C=O) groups excluding carboxylic acids is 1. The van der Waals surface area contributed by atoms with E-state index in [1.54, 1.807) is 25.1 Å². The van der Waals surface area contributed by atoms with Crippen LogP contribution in [0.1, 0.15) is 37.8 Å². The van der Waals surface area contributed by atoms with Gasteiger partial charge in [-0.15, -0.1) is 0 Å². The number of rotatable bonds is 3. The molecule has 2 aliphatic heterocycles. The molecule has 0 aromatic heterocycles. The van der Waals surface area contributed by atoms with Crippen LogP contribution in [0.3, 0.4) is 0 Å². The van der Waals surface area contributed by atoms with E-state index in [1.807, 2.05) is 6.92 Å². The van der Waals surface area contributed by atoms with Crippen molar-refractivity contribution in [2.24, 2.45) is 0 Å². The van der Waals surface area contributed by atoms with Crippen molar-refractivity contribution in [3.8, 4) is 11.1 Å². The summed E-state index contributed by atoms with van der Waals surface area (Å²) in [5.74, 6) is -0.739. The van der Waals surface area contributed by atoms with E-state index in [0.717, 1.165) is 5.56 Å². The van der Waals surface area contributed by atoms with Crippen molar-refractivity contribution in [2.45, 2.75) is 44.8 Å². The van der Waals surface area contributed by atoms with Crippen LogP contribution in [0, 0.1) is 5.82 Å². The molecule has 4 rings (SSSR count). The minimum atomic E-state index is -0.830. The number of hydrogen-bond acceptors (Lipinski definition) is 3. The molecule has 0 aliphatic carbocycles. The van der Waals surface area contributed by atoms with Gasteiger partial charge < -0.3 is 9.84 Å². The van der Waals surface area contributed by atoms with Gasteiger partial charge in [0.05, 0.1) is 10.6 Å². The maximum absolute atomic E-state index is 14.5. The van der Waals surface area contributed by atoms with Gasteiger partial charge in [0.2, 0.25) is 0 Å². The highest BCUT2D eigenvalue weighted by Crippen LogP contribution is 2.46. The molecule has 2 unspecified atom stereocenters. The van der Waals surface area contributed by atoms with Gasteiger partial charge in [0, 0.05) is 10.6 Å². The molecule has 3 nitrogen and oxygen atoms in total. The van der Waals surface area contributed by atoms with Gasteiger partial charge in [-0.25, -0.2) is 4.39 Å². The molecule has 1 fully saturated rings. The van der Waals surface area contributed by atoms with E-state index in [-0.39, 0.29) is 27.2 Å². The van der Waals surface area contributed by atoms with Crippen molar-refractivity contribution in [1.29, 1.82) is 0 Å². The number of ketones is 1. The van der Waals surface area contributed by atoms with E-state index < -0.39 is 17.5 Å². The predicted octanol–water partition coefficient (Wildman–Crippen LogP) is 6.15. The fourth-order valence-electron chi connectivity index (χ4n) is 4.10. The molecule has 2 heterocycles. The van der Waals surface area contributed by atoms with Gasteiger partial charge in [-0.2, -0.15) is 0 Å². The Kier molecular flexibility index (Phi) is 4.77. The maximum atomic E-state index is 14.5. The molecule has 1 N–H and O–H groups in total. The molecule has 6 heteroatoms. The molecule has 2 aliphatic rings. The Bertz CT molecular complexity index is 1010. The largest absolute Gasteiger partial charge is 0.508 e. The summed E-state index contributed by atoms with van der Waals surface area (Å²) in [7, 11) is 0. The standard InChI is InChI=1S/C22H19Cl2FO3/c1-3-11-8-12(18-15(24)9-13(23)10-16(18)25)4-5-14(11)19-20(26)17-6-7-22(2,28-17)21(19)27/h4-5,8-10,17,27H,3,6-7H2,1-2H3. The molecular formula is C22H19Cl2FO3. The number of fused-ring (bicyclic) bond motifs is 2. The van der Waals surface area contributed by atoms with Crippen molar-refractivity contribution in [1.82, 2.24) is 0 Å². The van der Waals surface area contributed by atoms with Gasteiger partial charge in [-0.1, -0.05) is 48.3 Å². The highest BCUT2D eigenvalue weighted by molar-refractivity contribution is 6.36. The monoisotopic (exact) mass is 420 g/mol. The van der Waals surface area contributed by atoms with Gasteiger partial charge >= 0.3 is 0 Å². The minimum absolute atomic E-state index is 0.0237. The van der Waals surface area contributed by atoms with Gasteiger partial charge in [-0.3, -0.25) is 4.79 Å². The van der Waals surface area contributed by atoms with E-state index in [1.165, 1.54) is 12.1 Å². The summed E-state index contributed by atoms with van der Waals surface area (Å²) in [6.45, 7) is 3.75. The van der Waals surface area contributed by atoms with Crippen LogP contribution in [-0.4, -0.2) is 22.6 Å². The lowest BCUT2D eigenvalue weighted by molar-refractivity contribution is -0.130. The summed E-state index contributed by atoms with van der Waals surface area (Å²) in [6, 6.07) is 7.98. The summed E-state index contributed by atoms with van der Waals surface area (Å²) in [5.41, 5.74) is 1.80. The van der Waals surface area contributed by atoms with Crippen LogP contribution in [0.15, 0.2) is 36.1 Å². The zero-order valence-electron chi connectivity index (χ0n) is 15.5. The molecule has 0 radical (unpaired) electrons.